The third kappa shape index (κ3) is 3.14. The maximum Gasteiger partial charge on any atom is 0.238 e. The fraction of sp³-hybridized carbons (Fsp3) is 0.182. The standard InChI is InChI=1S/C33H25NO4/c1-19(31(35)20-11-3-2-4-12-20)38-26-18-10-9-17-25(26)34-32(36)29-27-21-13-5-6-14-22(21)28(30(29)33(34)37)24-16-8-7-15-23(24)27/h2-19,27-30H,1H3/t19-,27?,28?,29+,30+/m1/s1. The number of nitrogens with zero attached hydrogens (tertiary/aromatic N) is 1. The molecule has 186 valence electrons. The van der Waals surface area contributed by atoms with Crippen molar-refractivity contribution in [2.24, 2.45) is 11.8 Å². The van der Waals surface area contributed by atoms with E-state index in [2.05, 4.69) is 24.3 Å². The number of ketones is 1. The molecule has 0 spiro atoms. The van der Waals surface area contributed by atoms with E-state index in [0.717, 1.165) is 22.3 Å². The Labute approximate surface area is 220 Å². The summed E-state index contributed by atoms with van der Waals surface area (Å²) < 4.78 is 6.12. The minimum absolute atomic E-state index is 0.169. The number of imide groups is 1. The summed E-state index contributed by atoms with van der Waals surface area (Å²) >= 11 is 0. The molecule has 4 aromatic rings. The van der Waals surface area contributed by atoms with Crippen LogP contribution in [-0.2, 0) is 9.59 Å². The first kappa shape index (κ1) is 22.7. The highest BCUT2D eigenvalue weighted by molar-refractivity contribution is 6.24. The summed E-state index contributed by atoms with van der Waals surface area (Å²) in [6.07, 6.45) is -0.793. The Balaban J connectivity index is 1.28. The molecule has 0 radical (unpaired) electrons. The van der Waals surface area contributed by atoms with Crippen molar-refractivity contribution in [2.45, 2.75) is 24.9 Å². The molecule has 8 rings (SSSR count). The first-order chi connectivity index (χ1) is 18.6. The van der Waals surface area contributed by atoms with Crippen molar-refractivity contribution < 1.29 is 19.1 Å². The highest BCUT2D eigenvalue weighted by Crippen LogP contribution is 2.61. The molecule has 0 saturated carbocycles. The molecule has 38 heavy (non-hydrogen) atoms. The minimum atomic E-state index is -0.793. The van der Waals surface area contributed by atoms with Crippen LogP contribution < -0.4 is 9.64 Å². The molecule has 2 bridgehead atoms. The van der Waals surface area contributed by atoms with Crippen LogP contribution in [-0.4, -0.2) is 23.7 Å². The van der Waals surface area contributed by atoms with Gasteiger partial charge in [-0.3, -0.25) is 14.4 Å². The summed E-state index contributed by atoms with van der Waals surface area (Å²) in [5, 5.41) is 0. The number of Topliss-reactive ketones (excluding diaryl/α,β-unsaturated/α-hetero) is 1. The van der Waals surface area contributed by atoms with Gasteiger partial charge in [-0.15, -0.1) is 0 Å². The molecule has 3 atom stereocenters. The third-order valence-corrected chi connectivity index (χ3v) is 8.29. The van der Waals surface area contributed by atoms with Gasteiger partial charge in [-0.05, 0) is 41.3 Å². The van der Waals surface area contributed by atoms with Crippen LogP contribution in [0.5, 0.6) is 5.75 Å². The number of carbonyl (C=O) groups is 3. The predicted octanol–water partition coefficient (Wildman–Crippen LogP) is 5.73. The van der Waals surface area contributed by atoms with Crippen LogP contribution in [0, 0.1) is 11.8 Å². The summed E-state index contributed by atoms with van der Waals surface area (Å²) in [4.78, 5) is 42.6. The summed E-state index contributed by atoms with van der Waals surface area (Å²) in [6, 6.07) is 32.3. The van der Waals surface area contributed by atoms with E-state index in [0.29, 0.717) is 17.0 Å². The fourth-order valence-electron chi connectivity index (χ4n) is 6.74. The summed E-state index contributed by atoms with van der Waals surface area (Å²) in [5.74, 6) is -1.56. The van der Waals surface area contributed by atoms with Crippen LogP contribution in [0.2, 0.25) is 0 Å². The normalized spacial score (nSPS) is 23.4. The number of rotatable bonds is 5. The molecular weight excluding hydrogens is 474 g/mol. The van der Waals surface area contributed by atoms with Crippen molar-refractivity contribution in [2.75, 3.05) is 4.90 Å². The van der Waals surface area contributed by atoms with Gasteiger partial charge in [-0.25, -0.2) is 4.90 Å². The molecule has 3 aliphatic carbocycles. The Kier molecular flexibility index (Phi) is 5.08. The van der Waals surface area contributed by atoms with Crippen molar-refractivity contribution in [1.82, 2.24) is 0 Å². The molecular formula is C33H25NO4. The van der Waals surface area contributed by atoms with Gasteiger partial charge < -0.3 is 4.74 Å². The molecule has 1 fully saturated rings. The Morgan fingerprint density at radius 2 is 1.11 bits per heavy atom. The number of hydrogen-bond acceptors (Lipinski definition) is 4. The Bertz CT molecular complexity index is 1490. The first-order valence-electron chi connectivity index (χ1n) is 13.0. The molecule has 4 aliphatic rings. The van der Waals surface area contributed by atoms with E-state index >= 15 is 0 Å². The summed E-state index contributed by atoms with van der Waals surface area (Å²) in [7, 11) is 0. The van der Waals surface area contributed by atoms with E-state index < -0.39 is 17.9 Å². The number of hydrogen-bond donors (Lipinski definition) is 0. The van der Waals surface area contributed by atoms with Crippen molar-refractivity contribution in [3.8, 4) is 5.75 Å². The van der Waals surface area contributed by atoms with Gasteiger partial charge >= 0.3 is 0 Å². The smallest absolute Gasteiger partial charge is 0.238 e. The second-order valence-electron chi connectivity index (χ2n) is 10.2. The van der Waals surface area contributed by atoms with Crippen LogP contribution in [0.25, 0.3) is 0 Å². The number of para-hydroxylation sites is 2. The van der Waals surface area contributed by atoms with E-state index in [-0.39, 0.29) is 29.4 Å². The lowest BCUT2D eigenvalue weighted by Crippen LogP contribution is -2.41. The predicted molar refractivity (Wildman–Crippen MR) is 143 cm³/mol. The first-order valence-corrected chi connectivity index (χ1v) is 13.0. The molecule has 5 heteroatoms. The highest BCUT2D eigenvalue weighted by Gasteiger charge is 2.62. The lowest BCUT2D eigenvalue weighted by molar-refractivity contribution is -0.122. The zero-order valence-electron chi connectivity index (χ0n) is 20.8. The van der Waals surface area contributed by atoms with E-state index in [9.17, 15) is 14.4 Å². The maximum absolute atomic E-state index is 14.1. The van der Waals surface area contributed by atoms with Gasteiger partial charge in [0.05, 0.1) is 17.5 Å². The molecule has 4 aromatic carbocycles. The molecule has 0 aromatic heterocycles. The van der Waals surface area contributed by atoms with Gasteiger partial charge in [-0.1, -0.05) is 91.0 Å². The van der Waals surface area contributed by atoms with E-state index in [4.69, 9.17) is 4.74 Å². The van der Waals surface area contributed by atoms with Gasteiger partial charge in [0, 0.05) is 17.4 Å². The molecule has 1 aliphatic heterocycles. The highest BCUT2D eigenvalue weighted by atomic mass is 16.5. The van der Waals surface area contributed by atoms with Gasteiger partial charge in [-0.2, -0.15) is 0 Å². The number of amides is 2. The summed E-state index contributed by atoms with van der Waals surface area (Å²) in [5.41, 5.74) is 5.46. The van der Waals surface area contributed by atoms with Crippen molar-refractivity contribution in [3.63, 3.8) is 0 Å². The average molecular weight is 500 g/mol. The van der Waals surface area contributed by atoms with Crippen molar-refractivity contribution in [3.05, 3.63) is 131 Å². The van der Waals surface area contributed by atoms with Crippen LogP contribution in [0.15, 0.2) is 103 Å². The SMILES string of the molecule is C[C@@H](Oc1ccccc1N1C(=O)[C@H]2C3c4ccccc4C(c4ccccc43)[C@@H]2C1=O)C(=O)c1ccccc1. The summed E-state index contributed by atoms with van der Waals surface area (Å²) in [6.45, 7) is 1.69. The molecule has 0 unspecified atom stereocenters. The quantitative estimate of drug-likeness (QED) is 0.260. The maximum atomic E-state index is 14.1. The third-order valence-electron chi connectivity index (χ3n) is 8.29. The lowest BCUT2D eigenvalue weighted by Gasteiger charge is -2.45. The van der Waals surface area contributed by atoms with Crippen LogP contribution in [0.1, 0.15) is 51.4 Å². The topological polar surface area (TPSA) is 63.7 Å². The second-order valence-corrected chi connectivity index (χ2v) is 10.2. The zero-order chi connectivity index (χ0) is 26.0. The average Bonchev–Trinajstić information content (AvgIpc) is 3.23. The number of anilines is 1. The van der Waals surface area contributed by atoms with E-state index in [1.54, 1.807) is 43.3 Å². The molecule has 1 heterocycles. The zero-order valence-corrected chi connectivity index (χ0v) is 20.8. The van der Waals surface area contributed by atoms with Crippen LogP contribution in [0.3, 0.4) is 0 Å². The molecule has 5 nitrogen and oxygen atoms in total. The van der Waals surface area contributed by atoms with Crippen molar-refractivity contribution in [1.29, 1.82) is 0 Å². The lowest BCUT2D eigenvalue weighted by atomic mass is 9.55. The van der Waals surface area contributed by atoms with Crippen LogP contribution >= 0.6 is 0 Å². The fourth-order valence-corrected chi connectivity index (χ4v) is 6.74. The Hall–Kier alpha value is -4.51. The van der Waals surface area contributed by atoms with Gasteiger partial charge in [0.1, 0.15) is 5.75 Å². The second kappa shape index (κ2) is 8.52. The minimum Gasteiger partial charge on any atom is -0.480 e. The largest absolute Gasteiger partial charge is 0.480 e. The number of ether oxygens (including phenoxy) is 1. The van der Waals surface area contributed by atoms with Crippen LogP contribution in [0.4, 0.5) is 5.69 Å². The molecule has 2 amide bonds. The van der Waals surface area contributed by atoms with Crippen molar-refractivity contribution >= 4 is 23.3 Å². The molecule has 1 saturated heterocycles. The van der Waals surface area contributed by atoms with E-state index in [1.807, 2.05) is 42.5 Å². The monoisotopic (exact) mass is 499 g/mol. The van der Waals surface area contributed by atoms with Gasteiger partial charge in [0.2, 0.25) is 17.6 Å². The Morgan fingerprint density at radius 3 is 1.63 bits per heavy atom. The van der Waals surface area contributed by atoms with E-state index in [1.165, 1.54) is 4.90 Å². The van der Waals surface area contributed by atoms with Gasteiger partial charge in [0.15, 0.2) is 6.10 Å². The number of benzene rings is 4. The molecule has 0 N–H and O–H groups in total. The Morgan fingerprint density at radius 1 is 0.658 bits per heavy atom. The van der Waals surface area contributed by atoms with Gasteiger partial charge in [0.25, 0.3) is 0 Å². The number of carbonyl (C=O) groups excluding carboxylic acids is 3.